The minimum atomic E-state index is -0.978. The summed E-state index contributed by atoms with van der Waals surface area (Å²) in [6.45, 7) is 7.20. The lowest BCUT2D eigenvalue weighted by molar-refractivity contribution is -0.131. The van der Waals surface area contributed by atoms with E-state index in [1.54, 1.807) is 12.4 Å². The summed E-state index contributed by atoms with van der Waals surface area (Å²) in [4.78, 5) is 21.0. The summed E-state index contributed by atoms with van der Waals surface area (Å²) in [5.41, 5.74) is 0.682. The van der Waals surface area contributed by atoms with Gasteiger partial charge in [-0.2, -0.15) is 0 Å². The standard InChI is InChI=1S/C13H19N3O2/c1-4-7-16(10(2)3)13-14-8-11(9-15-13)5-6-12(17)18/h5-6,8-10H,4,7H2,1-3H3,(H,17,18)/b6-5+. The predicted octanol–water partition coefficient (Wildman–Crippen LogP) is 2.20. The van der Waals surface area contributed by atoms with Crippen LogP contribution in [0.4, 0.5) is 5.95 Å². The van der Waals surface area contributed by atoms with Crippen LogP contribution >= 0.6 is 0 Å². The van der Waals surface area contributed by atoms with Crippen LogP contribution in [0.2, 0.25) is 0 Å². The normalized spacial score (nSPS) is 11.1. The van der Waals surface area contributed by atoms with E-state index in [1.165, 1.54) is 6.08 Å². The summed E-state index contributed by atoms with van der Waals surface area (Å²) in [7, 11) is 0. The molecule has 1 N–H and O–H groups in total. The van der Waals surface area contributed by atoms with Gasteiger partial charge in [0.25, 0.3) is 0 Å². The van der Waals surface area contributed by atoms with Crippen molar-refractivity contribution in [1.29, 1.82) is 0 Å². The molecule has 0 bridgehead atoms. The number of rotatable bonds is 6. The topological polar surface area (TPSA) is 66.3 Å². The van der Waals surface area contributed by atoms with Crippen LogP contribution in [0.5, 0.6) is 0 Å². The molecule has 1 rings (SSSR count). The van der Waals surface area contributed by atoms with Crippen molar-refractivity contribution < 1.29 is 9.90 Å². The van der Waals surface area contributed by atoms with E-state index in [1.807, 2.05) is 0 Å². The molecular formula is C13H19N3O2. The molecule has 0 saturated heterocycles. The van der Waals surface area contributed by atoms with E-state index in [-0.39, 0.29) is 0 Å². The Balaban J connectivity index is 2.83. The second kappa shape index (κ2) is 6.74. The molecule has 0 aliphatic rings. The molecule has 0 atom stereocenters. The minimum absolute atomic E-state index is 0.338. The van der Waals surface area contributed by atoms with E-state index in [2.05, 4.69) is 35.6 Å². The number of nitrogens with zero attached hydrogens (tertiary/aromatic N) is 3. The average Bonchev–Trinajstić information content (AvgIpc) is 2.34. The highest BCUT2D eigenvalue weighted by molar-refractivity contribution is 5.85. The van der Waals surface area contributed by atoms with Gasteiger partial charge >= 0.3 is 5.97 Å². The van der Waals surface area contributed by atoms with Gasteiger partial charge in [0, 0.05) is 36.6 Å². The largest absolute Gasteiger partial charge is 0.478 e. The van der Waals surface area contributed by atoms with E-state index in [0.717, 1.165) is 19.0 Å². The van der Waals surface area contributed by atoms with Crippen molar-refractivity contribution in [3.8, 4) is 0 Å². The molecule has 0 spiro atoms. The van der Waals surface area contributed by atoms with Gasteiger partial charge in [-0.1, -0.05) is 6.92 Å². The molecule has 98 valence electrons. The first-order valence-electron chi connectivity index (χ1n) is 6.04. The fourth-order valence-electron chi connectivity index (χ4n) is 1.56. The van der Waals surface area contributed by atoms with Gasteiger partial charge < -0.3 is 10.0 Å². The zero-order valence-electron chi connectivity index (χ0n) is 11.0. The van der Waals surface area contributed by atoms with Gasteiger partial charge in [-0.25, -0.2) is 14.8 Å². The highest BCUT2D eigenvalue weighted by Gasteiger charge is 2.11. The maximum Gasteiger partial charge on any atom is 0.328 e. The van der Waals surface area contributed by atoms with Crippen molar-refractivity contribution in [1.82, 2.24) is 9.97 Å². The Bertz CT molecular complexity index is 413. The predicted molar refractivity (Wildman–Crippen MR) is 71.5 cm³/mol. The first kappa shape index (κ1) is 14.2. The molecule has 0 amide bonds. The van der Waals surface area contributed by atoms with Crippen molar-refractivity contribution in [2.24, 2.45) is 0 Å². The molecule has 1 aromatic rings. The van der Waals surface area contributed by atoms with Gasteiger partial charge in [0.05, 0.1) is 0 Å². The highest BCUT2D eigenvalue weighted by atomic mass is 16.4. The summed E-state index contributed by atoms with van der Waals surface area (Å²) in [6, 6.07) is 0.338. The van der Waals surface area contributed by atoms with Gasteiger partial charge in [0.2, 0.25) is 5.95 Å². The molecule has 1 aromatic heterocycles. The maximum atomic E-state index is 10.4. The second-order valence-corrected chi connectivity index (χ2v) is 4.28. The van der Waals surface area contributed by atoms with Crippen molar-refractivity contribution in [3.63, 3.8) is 0 Å². The van der Waals surface area contributed by atoms with Gasteiger partial charge in [0.1, 0.15) is 0 Å². The van der Waals surface area contributed by atoms with Crippen LogP contribution in [-0.2, 0) is 4.79 Å². The second-order valence-electron chi connectivity index (χ2n) is 4.28. The fourth-order valence-corrected chi connectivity index (χ4v) is 1.56. The molecule has 0 saturated carbocycles. The lowest BCUT2D eigenvalue weighted by atomic mass is 10.3. The minimum Gasteiger partial charge on any atom is -0.478 e. The number of aliphatic carboxylic acids is 1. The summed E-state index contributed by atoms with van der Waals surface area (Å²) in [5.74, 6) is -0.298. The molecule has 0 aliphatic carbocycles. The summed E-state index contributed by atoms with van der Waals surface area (Å²) >= 11 is 0. The Morgan fingerprint density at radius 2 is 2.06 bits per heavy atom. The van der Waals surface area contributed by atoms with Crippen molar-refractivity contribution >= 4 is 18.0 Å². The number of aromatic nitrogens is 2. The zero-order valence-corrected chi connectivity index (χ0v) is 11.0. The molecular weight excluding hydrogens is 230 g/mol. The lowest BCUT2D eigenvalue weighted by Crippen LogP contribution is -2.32. The first-order chi connectivity index (χ1) is 8.54. The van der Waals surface area contributed by atoms with Crippen LogP contribution in [0.3, 0.4) is 0 Å². The molecule has 5 heteroatoms. The number of carboxylic acids is 1. The number of carboxylic acid groups (broad SMARTS) is 1. The Labute approximate surface area is 107 Å². The molecule has 0 unspecified atom stereocenters. The smallest absolute Gasteiger partial charge is 0.328 e. The van der Waals surface area contributed by atoms with Crippen molar-refractivity contribution in [2.45, 2.75) is 33.2 Å². The SMILES string of the molecule is CCCN(c1ncc(/C=C/C(=O)O)cn1)C(C)C. The maximum absolute atomic E-state index is 10.4. The Morgan fingerprint density at radius 3 is 2.50 bits per heavy atom. The molecule has 0 aromatic carbocycles. The summed E-state index contributed by atoms with van der Waals surface area (Å²) in [6.07, 6.45) is 6.85. The van der Waals surface area contributed by atoms with Gasteiger partial charge in [0.15, 0.2) is 0 Å². The number of carbonyl (C=O) groups is 1. The van der Waals surface area contributed by atoms with E-state index < -0.39 is 5.97 Å². The lowest BCUT2D eigenvalue weighted by Gasteiger charge is -2.25. The summed E-state index contributed by atoms with van der Waals surface area (Å²) < 4.78 is 0. The third-order valence-electron chi connectivity index (χ3n) is 2.42. The van der Waals surface area contributed by atoms with Gasteiger partial charge in [-0.3, -0.25) is 0 Å². The van der Waals surface area contributed by atoms with Crippen LogP contribution in [0, 0.1) is 0 Å². The summed E-state index contributed by atoms with van der Waals surface area (Å²) in [5, 5.41) is 8.52. The molecule has 0 aliphatic heterocycles. The quantitative estimate of drug-likeness (QED) is 0.783. The van der Waals surface area contributed by atoms with E-state index in [9.17, 15) is 4.79 Å². The number of anilines is 1. The van der Waals surface area contributed by atoms with Gasteiger partial charge in [-0.15, -0.1) is 0 Å². The van der Waals surface area contributed by atoms with E-state index in [4.69, 9.17) is 5.11 Å². The molecule has 0 fully saturated rings. The third kappa shape index (κ3) is 4.16. The fraction of sp³-hybridized carbons (Fsp3) is 0.462. The van der Waals surface area contributed by atoms with Crippen molar-refractivity contribution in [2.75, 3.05) is 11.4 Å². The Morgan fingerprint density at radius 1 is 1.44 bits per heavy atom. The van der Waals surface area contributed by atoms with E-state index >= 15 is 0 Å². The van der Waals surface area contributed by atoms with Gasteiger partial charge in [-0.05, 0) is 26.3 Å². The third-order valence-corrected chi connectivity index (χ3v) is 2.42. The van der Waals surface area contributed by atoms with Crippen LogP contribution in [0.15, 0.2) is 18.5 Å². The Kier molecular flexibility index (Phi) is 5.30. The monoisotopic (exact) mass is 249 g/mol. The van der Waals surface area contributed by atoms with Crippen LogP contribution < -0.4 is 4.90 Å². The van der Waals surface area contributed by atoms with Crippen molar-refractivity contribution in [3.05, 3.63) is 24.0 Å². The first-order valence-corrected chi connectivity index (χ1v) is 6.04. The van der Waals surface area contributed by atoms with Crippen LogP contribution in [0.1, 0.15) is 32.8 Å². The molecule has 1 heterocycles. The van der Waals surface area contributed by atoms with E-state index in [0.29, 0.717) is 17.6 Å². The van der Waals surface area contributed by atoms with Crippen LogP contribution in [-0.4, -0.2) is 33.6 Å². The zero-order chi connectivity index (χ0) is 13.5. The van der Waals surface area contributed by atoms with Crippen LogP contribution in [0.25, 0.3) is 6.08 Å². The molecule has 18 heavy (non-hydrogen) atoms. The highest BCUT2D eigenvalue weighted by Crippen LogP contribution is 2.12. The number of hydrogen-bond acceptors (Lipinski definition) is 4. The Hall–Kier alpha value is -1.91. The molecule has 5 nitrogen and oxygen atoms in total. The number of hydrogen-bond donors (Lipinski definition) is 1. The average molecular weight is 249 g/mol. The molecule has 0 radical (unpaired) electrons.